The zero-order valence-corrected chi connectivity index (χ0v) is 10.5. The standard InChI is InChI=1S/C16H17NO/c1-2-17-16-6-4-3-5-15(16)14-9-7-13(8-10-14)11-12-18/h3-10,12,17H,2,11H2,1H3. The molecule has 0 amide bonds. The number of anilines is 1. The largest absolute Gasteiger partial charge is 0.385 e. The van der Waals surface area contributed by atoms with E-state index in [4.69, 9.17) is 0 Å². The van der Waals surface area contributed by atoms with Crippen molar-refractivity contribution in [3.8, 4) is 11.1 Å². The first-order valence-corrected chi connectivity index (χ1v) is 6.21. The van der Waals surface area contributed by atoms with Crippen molar-refractivity contribution in [2.24, 2.45) is 0 Å². The number of para-hydroxylation sites is 1. The molecule has 0 spiro atoms. The Labute approximate surface area is 108 Å². The van der Waals surface area contributed by atoms with Crippen molar-refractivity contribution in [3.05, 3.63) is 54.1 Å². The number of aldehydes is 1. The molecule has 0 bridgehead atoms. The second-order valence-electron chi connectivity index (χ2n) is 4.14. The van der Waals surface area contributed by atoms with Crippen molar-refractivity contribution in [3.63, 3.8) is 0 Å². The van der Waals surface area contributed by atoms with E-state index in [2.05, 4.69) is 36.5 Å². The van der Waals surface area contributed by atoms with Gasteiger partial charge in [0.05, 0.1) is 0 Å². The number of benzene rings is 2. The second-order valence-corrected chi connectivity index (χ2v) is 4.14. The number of hydrogen-bond acceptors (Lipinski definition) is 2. The van der Waals surface area contributed by atoms with Gasteiger partial charge in [-0.2, -0.15) is 0 Å². The van der Waals surface area contributed by atoms with E-state index in [1.807, 2.05) is 24.3 Å². The predicted octanol–water partition coefficient (Wildman–Crippen LogP) is 3.53. The molecule has 0 saturated carbocycles. The minimum absolute atomic E-state index is 0.481. The molecule has 2 heteroatoms. The van der Waals surface area contributed by atoms with Crippen LogP contribution in [0.3, 0.4) is 0 Å². The van der Waals surface area contributed by atoms with E-state index in [1.54, 1.807) is 0 Å². The van der Waals surface area contributed by atoms with Gasteiger partial charge in [-0.3, -0.25) is 0 Å². The lowest BCUT2D eigenvalue weighted by Gasteiger charge is -2.11. The van der Waals surface area contributed by atoms with E-state index in [0.717, 1.165) is 24.1 Å². The van der Waals surface area contributed by atoms with Crippen LogP contribution in [0.5, 0.6) is 0 Å². The average molecular weight is 239 g/mol. The third kappa shape index (κ3) is 2.77. The fourth-order valence-corrected chi connectivity index (χ4v) is 2.00. The Balaban J connectivity index is 2.33. The zero-order chi connectivity index (χ0) is 12.8. The molecular weight excluding hydrogens is 222 g/mol. The van der Waals surface area contributed by atoms with Crippen LogP contribution in [-0.2, 0) is 11.2 Å². The van der Waals surface area contributed by atoms with Gasteiger partial charge in [0.15, 0.2) is 0 Å². The highest BCUT2D eigenvalue weighted by molar-refractivity contribution is 5.78. The van der Waals surface area contributed by atoms with Crippen molar-refractivity contribution >= 4 is 12.0 Å². The van der Waals surface area contributed by atoms with Crippen molar-refractivity contribution in [1.29, 1.82) is 0 Å². The Kier molecular flexibility index (Phi) is 4.13. The van der Waals surface area contributed by atoms with Gasteiger partial charge in [0.2, 0.25) is 0 Å². The fourth-order valence-electron chi connectivity index (χ4n) is 2.00. The van der Waals surface area contributed by atoms with Gasteiger partial charge >= 0.3 is 0 Å². The molecule has 0 radical (unpaired) electrons. The highest BCUT2D eigenvalue weighted by atomic mass is 16.1. The van der Waals surface area contributed by atoms with E-state index in [-0.39, 0.29) is 0 Å². The summed E-state index contributed by atoms with van der Waals surface area (Å²) in [5.41, 5.74) is 4.55. The predicted molar refractivity (Wildman–Crippen MR) is 75.8 cm³/mol. The van der Waals surface area contributed by atoms with E-state index in [9.17, 15) is 4.79 Å². The van der Waals surface area contributed by atoms with Gasteiger partial charge < -0.3 is 10.1 Å². The molecule has 18 heavy (non-hydrogen) atoms. The molecule has 2 rings (SSSR count). The Morgan fingerprint density at radius 2 is 1.78 bits per heavy atom. The van der Waals surface area contributed by atoms with Crippen molar-refractivity contribution < 1.29 is 4.79 Å². The first-order valence-electron chi connectivity index (χ1n) is 6.21. The summed E-state index contributed by atoms with van der Waals surface area (Å²) in [6.07, 6.45) is 1.41. The summed E-state index contributed by atoms with van der Waals surface area (Å²) in [5, 5.41) is 3.36. The number of hydrogen-bond donors (Lipinski definition) is 1. The molecule has 0 saturated heterocycles. The van der Waals surface area contributed by atoms with Crippen LogP contribution in [0, 0.1) is 0 Å². The molecule has 2 nitrogen and oxygen atoms in total. The quantitative estimate of drug-likeness (QED) is 0.809. The highest BCUT2D eigenvalue weighted by Gasteiger charge is 2.03. The van der Waals surface area contributed by atoms with Crippen molar-refractivity contribution in [2.75, 3.05) is 11.9 Å². The maximum absolute atomic E-state index is 10.5. The molecule has 2 aromatic rings. The number of carbonyl (C=O) groups is 1. The summed E-state index contributed by atoms with van der Waals surface area (Å²) in [7, 11) is 0. The van der Waals surface area contributed by atoms with Gasteiger partial charge in [0, 0.05) is 24.2 Å². The monoisotopic (exact) mass is 239 g/mol. The van der Waals surface area contributed by atoms with Gasteiger partial charge in [-0.1, -0.05) is 42.5 Å². The van der Waals surface area contributed by atoms with Crippen LogP contribution < -0.4 is 5.32 Å². The minimum Gasteiger partial charge on any atom is -0.385 e. The molecule has 92 valence electrons. The highest BCUT2D eigenvalue weighted by Crippen LogP contribution is 2.27. The molecule has 0 aliphatic carbocycles. The summed E-state index contributed by atoms with van der Waals surface area (Å²) in [5.74, 6) is 0. The number of carbonyl (C=O) groups excluding carboxylic acids is 1. The third-order valence-corrected chi connectivity index (χ3v) is 2.88. The lowest BCUT2D eigenvalue weighted by atomic mass is 10.0. The Morgan fingerprint density at radius 1 is 1.06 bits per heavy atom. The summed E-state index contributed by atoms with van der Waals surface area (Å²) in [6.45, 7) is 2.99. The van der Waals surface area contributed by atoms with Gasteiger partial charge in [-0.15, -0.1) is 0 Å². The summed E-state index contributed by atoms with van der Waals surface area (Å²) >= 11 is 0. The number of nitrogens with one attached hydrogen (secondary N) is 1. The molecule has 0 fully saturated rings. The molecule has 0 aliphatic heterocycles. The molecule has 0 aliphatic rings. The van der Waals surface area contributed by atoms with Crippen LogP contribution in [0.1, 0.15) is 12.5 Å². The number of rotatable bonds is 5. The third-order valence-electron chi connectivity index (χ3n) is 2.88. The smallest absolute Gasteiger partial charge is 0.124 e. The van der Waals surface area contributed by atoms with Crippen LogP contribution in [0.15, 0.2) is 48.5 Å². The van der Waals surface area contributed by atoms with E-state index in [1.165, 1.54) is 11.1 Å². The van der Waals surface area contributed by atoms with Gasteiger partial charge in [-0.05, 0) is 24.1 Å². The minimum atomic E-state index is 0.481. The first-order chi connectivity index (χ1) is 8.85. The Hall–Kier alpha value is -2.09. The van der Waals surface area contributed by atoms with Crippen LogP contribution >= 0.6 is 0 Å². The van der Waals surface area contributed by atoms with Crippen LogP contribution in [0.4, 0.5) is 5.69 Å². The lowest BCUT2D eigenvalue weighted by Crippen LogP contribution is -1.98. The topological polar surface area (TPSA) is 29.1 Å². The first kappa shape index (κ1) is 12.4. The van der Waals surface area contributed by atoms with Crippen molar-refractivity contribution in [1.82, 2.24) is 0 Å². The van der Waals surface area contributed by atoms with Crippen LogP contribution in [0.25, 0.3) is 11.1 Å². The lowest BCUT2D eigenvalue weighted by molar-refractivity contribution is -0.107. The zero-order valence-electron chi connectivity index (χ0n) is 10.5. The molecular formula is C16H17NO. The average Bonchev–Trinajstić information content (AvgIpc) is 2.41. The van der Waals surface area contributed by atoms with Crippen molar-refractivity contribution in [2.45, 2.75) is 13.3 Å². The molecule has 1 N–H and O–H groups in total. The van der Waals surface area contributed by atoms with Gasteiger partial charge in [-0.25, -0.2) is 0 Å². The molecule has 0 atom stereocenters. The maximum atomic E-state index is 10.5. The Bertz CT molecular complexity index is 517. The molecule has 0 unspecified atom stereocenters. The van der Waals surface area contributed by atoms with Gasteiger partial charge in [0.25, 0.3) is 0 Å². The van der Waals surface area contributed by atoms with Crippen LogP contribution in [0.2, 0.25) is 0 Å². The van der Waals surface area contributed by atoms with Gasteiger partial charge in [0.1, 0.15) is 6.29 Å². The van der Waals surface area contributed by atoms with E-state index < -0.39 is 0 Å². The second kappa shape index (κ2) is 6.01. The molecule has 0 heterocycles. The molecule has 0 aromatic heterocycles. The summed E-state index contributed by atoms with van der Waals surface area (Å²) < 4.78 is 0. The van der Waals surface area contributed by atoms with E-state index >= 15 is 0 Å². The van der Waals surface area contributed by atoms with Crippen LogP contribution in [-0.4, -0.2) is 12.8 Å². The SMILES string of the molecule is CCNc1ccccc1-c1ccc(CC=O)cc1. The summed E-state index contributed by atoms with van der Waals surface area (Å²) in [4.78, 5) is 10.5. The maximum Gasteiger partial charge on any atom is 0.124 e. The Morgan fingerprint density at radius 3 is 2.44 bits per heavy atom. The fraction of sp³-hybridized carbons (Fsp3) is 0.188. The summed E-state index contributed by atoms with van der Waals surface area (Å²) in [6, 6.07) is 16.4. The molecule has 2 aromatic carbocycles. The normalized spacial score (nSPS) is 10.1. The van der Waals surface area contributed by atoms with E-state index in [0.29, 0.717) is 6.42 Å².